The van der Waals surface area contributed by atoms with Gasteiger partial charge in [0.1, 0.15) is 5.75 Å². The number of hydrogen-bond acceptors (Lipinski definition) is 4. The number of carbonyl (C=O) groups is 2. The molecule has 1 saturated carbocycles. The summed E-state index contributed by atoms with van der Waals surface area (Å²) in [5.74, 6) is 0.533. The van der Waals surface area contributed by atoms with Crippen LogP contribution in [0.25, 0.3) is 0 Å². The molecule has 0 aromatic heterocycles. The van der Waals surface area contributed by atoms with Gasteiger partial charge in [0.25, 0.3) is 5.91 Å². The van der Waals surface area contributed by atoms with Crippen LogP contribution in [0.2, 0.25) is 0 Å². The molecule has 2 fully saturated rings. The molecule has 6 nitrogen and oxygen atoms in total. The van der Waals surface area contributed by atoms with Crippen molar-refractivity contribution in [1.29, 1.82) is 0 Å². The Morgan fingerprint density at radius 2 is 1.96 bits per heavy atom. The maximum Gasteiger partial charge on any atom is 0.341 e. The first kappa shape index (κ1) is 16.8. The second-order valence-corrected chi connectivity index (χ2v) is 6.48. The van der Waals surface area contributed by atoms with Crippen LogP contribution in [0.5, 0.6) is 5.75 Å². The Kier molecular flexibility index (Phi) is 5.35. The predicted molar refractivity (Wildman–Crippen MR) is 87.1 cm³/mol. The molecule has 0 spiro atoms. The molecule has 1 atom stereocenters. The Morgan fingerprint density at radius 1 is 1.21 bits per heavy atom. The third-order valence-corrected chi connectivity index (χ3v) is 4.86. The maximum absolute atomic E-state index is 12.7. The third-order valence-electron chi connectivity index (χ3n) is 4.86. The lowest BCUT2D eigenvalue weighted by atomic mass is 9.76. The highest BCUT2D eigenvalue weighted by Gasteiger charge is 2.32. The Hall–Kier alpha value is -2.08. The Balaban J connectivity index is 1.62. The van der Waals surface area contributed by atoms with Crippen LogP contribution >= 0.6 is 0 Å². The van der Waals surface area contributed by atoms with Crippen LogP contribution < -0.4 is 4.74 Å². The number of nitrogens with zero attached hydrogens (tertiary/aromatic N) is 1. The number of hydrogen-bond donors (Lipinski definition) is 1. The summed E-state index contributed by atoms with van der Waals surface area (Å²) >= 11 is 0. The minimum atomic E-state index is -1.03. The van der Waals surface area contributed by atoms with Crippen LogP contribution in [0.15, 0.2) is 24.3 Å². The summed E-state index contributed by atoms with van der Waals surface area (Å²) in [4.78, 5) is 25.1. The first-order valence-electron chi connectivity index (χ1n) is 8.45. The number of carboxylic acid groups (broad SMARTS) is 1. The van der Waals surface area contributed by atoms with Gasteiger partial charge in [-0.2, -0.15) is 0 Å². The molecular weight excluding hydrogens is 310 g/mol. The van der Waals surface area contributed by atoms with E-state index >= 15 is 0 Å². The fourth-order valence-corrected chi connectivity index (χ4v) is 3.24. The molecule has 1 heterocycles. The average molecular weight is 333 g/mol. The first-order chi connectivity index (χ1) is 11.6. The van der Waals surface area contributed by atoms with Crippen LogP contribution in [0.1, 0.15) is 29.6 Å². The average Bonchev–Trinajstić information content (AvgIpc) is 2.77. The highest BCUT2D eigenvalue weighted by molar-refractivity contribution is 5.94. The molecule has 0 bridgehead atoms. The lowest BCUT2D eigenvalue weighted by molar-refractivity contribution is -0.139. The van der Waals surface area contributed by atoms with Gasteiger partial charge in [-0.25, -0.2) is 4.79 Å². The van der Waals surface area contributed by atoms with Crippen molar-refractivity contribution in [3.05, 3.63) is 29.8 Å². The summed E-state index contributed by atoms with van der Waals surface area (Å²) in [7, 11) is 0. The van der Waals surface area contributed by atoms with Crippen LogP contribution in [-0.4, -0.2) is 54.8 Å². The number of ether oxygens (including phenoxy) is 2. The van der Waals surface area contributed by atoms with Crippen molar-refractivity contribution >= 4 is 11.9 Å². The summed E-state index contributed by atoms with van der Waals surface area (Å²) in [6.45, 7) is 2.30. The quantitative estimate of drug-likeness (QED) is 0.892. The molecule has 1 aromatic carbocycles. The number of benzene rings is 1. The van der Waals surface area contributed by atoms with E-state index in [4.69, 9.17) is 14.6 Å². The molecule has 130 valence electrons. The van der Waals surface area contributed by atoms with Crippen molar-refractivity contribution in [2.75, 3.05) is 32.9 Å². The molecule has 1 aliphatic heterocycles. The zero-order chi connectivity index (χ0) is 16.9. The van der Waals surface area contributed by atoms with E-state index in [1.807, 2.05) is 4.90 Å². The normalized spacial score (nSPS) is 21.7. The minimum Gasteiger partial charge on any atom is -0.482 e. The Labute approximate surface area is 141 Å². The molecule has 2 aliphatic rings. The molecular formula is C18H23NO5. The Bertz CT molecular complexity index is 582. The van der Waals surface area contributed by atoms with E-state index in [1.54, 1.807) is 24.3 Å². The van der Waals surface area contributed by atoms with Gasteiger partial charge in [0, 0.05) is 24.6 Å². The van der Waals surface area contributed by atoms with Gasteiger partial charge in [0.2, 0.25) is 0 Å². The molecule has 1 unspecified atom stereocenters. The van der Waals surface area contributed by atoms with E-state index in [0.717, 1.165) is 13.2 Å². The van der Waals surface area contributed by atoms with Crippen LogP contribution in [0.3, 0.4) is 0 Å². The molecule has 1 aromatic rings. The minimum absolute atomic E-state index is 0.00499. The van der Waals surface area contributed by atoms with Crippen molar-refractivity contribution in [2.24, 2.45) is 11.8 Å². The lowest BCUT2D eigenvalue weighted by Gasteiger charge is -2.34. The van der Waals surface area contributed by atoms with Crippen molar-refractivity contribution < 1.29 is 24.2 Å². The van der Waals surface area contributed by atoms with Gasteiger partial charge in [-0.1, -0.05) is 19.3 Å². The molecule has 3 rings (SSSR count). The highest BCUT2D eigenvalue weighted by atomic mass is 16.5. The highest BCUT2D eigenvalue weighted by Crippen LogP contribution is 2.35. The van der Waals surface area contributed by atoms with E-state index in [-0.39, 0.29) is 12.5 Å². The summed E-state index contributed by atoms with van der Waals surface area (Å²) in [6.07, 6.45) is 3.77. The van der Waals surface area contributed by atoms with Crippen LogP contribution in [0, 0.1) is 11.8 Å². The summed E-state index contributed by atoms with van der Waals surface area (Å²) in [5, 5.41) is 8.61. The number of carbonyl (C=O) groups excluding carboxylic acids is 1. The van der Waals surface area contributed by atoms with Gasteiger partial charge in [-0.3, -0.25) is 4.79 Å². The number of aliphatic carboxylic acids is 1. The van der Waals surface area contributed by atoms with E-state index < -0.39 is 5.97 Å². The summed E-state index contributed by atoms with van der Waals surface area (Å²) < 4.78 is 10.8. The van der Waals surface area contributed by atoms with Crippen molar-refractivity contribution in [3.63, 3.8) is 0 Å². The van der Waals surface area contributed by atoms with E-state index in [1.165, 1.54) is 19.3 Å². The number of amides is 1. The van der Waals surface area contributed by atoms with E-state index in [9.17, 15) is 9.59 Å². The molecule has 1 saturated heterocycles. The summed E-state index contributed by atoms with van der Waals surface area (Å²) in [6, 6.07) is 6.63. The van der Waals surface area contributed by atoms with Crippen molar-refractivity contribution in [1.82, 2.24) is 4.90 Å². The van der Waals surface area contributed by atoms with Crippen molar-refractivity contribution in [3.8, 4) is 5.75 Å². The molecule has 1 amide bonds. The molecule has 1 aliphatic carbocycles. The Morgan fingerprint density at radius 3 is 2.58 bits per heavy atom. The largest absolute Gasteiger partial charge is 0.482 e. The number of carboxylic acids is 1. The van der Waals surface area contributed by atoms with Gasteiger partial charge in [0.05, 0.1) is 13.2 Å². The fraction of sp³-hybridized carbons (Fsp3) is 0.556. The molecule has 24 heavy (non-hydrogen) atoms. The van der Waals surface area contributed by atoms with Crippen LogP contribution in [-0.2, 0) is 9.53 Å². The van der Waals surface area contributed by atoms with Gasteiger partial charge >= 0.3 is 5.97 Å². The SMILES string of the molecule is O=C(O)COc1ccc(C(=O)N2CCOCC(C3CCC3)C2)cc1. The molecule has 0 radical (unpaired) electrons. The monoisotopic (exact) mass is 333 g/mol. The standard InChI is InChI=1S/C18H23NO5/c20-17(21)12-24-16-6-4-14(5-7-16)18(22)19-8-9-23-11-15(10-19)13-2-1-3-13/h4-7,13,15H,1-3,8-12H2,(H,20,21). The third kappa shape index (κ3) is 4.06. The van der Waals surface area contributed by atoms with Gasteiger partial charge in [0.15, 0.2) is 6.61 Å². The van der Waals surface area contributed by atoms with Gasteiger partial charge in [-0.15, -0.1) is 0 Å². The van der Waals surface area contributed by atoms with Crippen molar-refractivity contribution in [2.45, 2.75) is 19.3 Å². The predicted octanol–water partition coefficient (Wildman–Crippen LogP) is 2.04. The summed E-state index contributed by atoms with van der Waals surface area (Å²) in [5.41, 5.74) is 0.590. The van der Waals surface area contributed by atoms with E-state index in [2.05, 4.69) is 0 Å². The first-order valence-corrected chi connectivity index (χ1v) is 8.45. The lowest BCUT2D eigenvalue weighted by Crippen LogP contribution is -2.39. The van der Waals surface area contributed by atoms with Gasteiger partial charge in [-0.05, 0) is 30.2 Å². The smallest absolute Gasteiger partial charge is 0.341 e. The molecule has 1 N–H and O–H groups in total. The van der Waals surface area contributed by atoms with Gasteiger partial charge < -0.3 is 19.5 Å². The van der Waals surface area contributed by atoms with E-state index in [0.29, 0.717) is 36.3 Å². The second kappa shape index (κ2) is 7.66. The number of rotatable bonds is 5. The molecule has 6 heteroatoms. The maximum atomic E-state index is 12.7. The second-order valence-electron chi connectivity index (χ2n) is 6.48. The zero-order valence-electron chi connectivity index (χ0n) is 13.6. The topological polar surface area (TPSA) is 76.1 Å². The fourth-order valence-electron chi connectivity index (χ4n) is 3.24. The van der Waals surface area contributed by atoms with Crippen LogP contribution in [0.4, 0.5) is 0 Å². The zero-order valence-corrected chi connectivity index (χ0v) is 13.6.